The summed E-state index contributed by atoms with van der Waals surface area (Å²) in [6.45, 7) is 17.2. The molecule has 0 heterocycles. The fourth-order valence-corrected chi connectivity index (χ4v) is 0.558. The fourth-order valence-electron chi connectivity index (χ4n) is 0.558. The van der Waals surface area contributed by atoms with E-state index in [0.29, 0.717) is 0 Å². The molecule has 0 radical (unpaired) electrons. The molecule has 0 aliphatic heterocycles. The quantitative estimate of drug-likeness (QED) is 0.456. The Morgan fingerprint density at radius 2 is 1.38 bits per heavy atom. The molecule has 0 spiro atoms. The summed E-state index contributed by atoms with van der Waals surface area (Å²) in [5.41, 5.74) is 2.12. The Bertz CT molecular complexity index is 151. The first-order valence-electron chi connectivity index (χ1n) is 4.82. The van der Waals surface area contributed by atoms with Crippen LogP contribution in [0.4, 0.5) is 0 Å². The molecule has 13 heavy (non-hydrogen) atoms. The third-order valence-electron chi connectivity index (χ3n) is 0.726. The van der Waals surface area contributed by atoms with E-state index in [9.17, 15) is 0 Å². The van der Waals surface area contributed by atoms with E-state index in [-0.39, 0.29) is 0 Å². The van der Waals surface area contributed by atoms with Gasteiger partial charge in [-0.15, -0.1) is 0 Å². The van der Waals surface area contributed by atoms with Gasteiger partial charge in [-0.05, 0) is 26.8 Å². The van der Waals surface area contributed by atoms with Gasteiger partial charge in [-0.2, -0.15) is 10.2 Å². The minimum Gasteiger partial charge on any atom is -0.167 e. The summed E-state index contributed by atoms with van der Waals surface area (Å²) in [5, 5.41) is 7.10. The molecule has 0 N–H and O–H groups in total. The minimum atomic E-state index is 0.894. The predicted octanol–water partition coefficient (Wildman–Crippen LogP) is 4.08. The van der Waals surface area contributed by atoms with Gasteiger partial charge in [0.05, 0.1) is 5.71 Å². The first-order valence-corrected chi connectivity index (χ1v) is 4.82. The highest BCUT2D eigenvalue weighted by Gasteiger charge is 1.81. The third-order valence-corrected chi connectivity index (χ3v) is 0.726. The Morgan fingerprint density at radius 1 is 1.00 bits per heavy atom. The van der Waals surface area contributed by atoms with E-state index in [1.807, 2.05) is 54.5 Å². The third kappa shape index (κ3) is 24.7. The second-order valence-corrected chi connectivity index (χ2v) is 2.10. The maximum Gasteiger partial charge on any atom is 0.0598 e. The van der Waals surface area contributed by atoms with Crippen molar-refractivity contribution in [2.75, 3.05) is 0 Å². The summed E-state index contributed by atoms with van der Waals surface area (Å²) in [4.78, 5) is 0. The molecular weight excluding hydrogens is 160 g/mol. The van der Waals surface area contributed by atoms with E-state index in [2.05, 4.69) is 16.9 Å². The van der Waals surface area contributed by atoms with E-state index in [4.69, 9.17) is 0 Å². The zero-order valence-electron chi connectivity index (χ0n) is 10.2. The van der Waals surface area contributed by atoms with E-state index in [1.54, 1.807) is 0 Å². The van der Waals surface area contributed by atoms with Gasteiger partial charge in [0.2, 0.25) is 0 Å². The molecule has 2 heteroatoms. The van der Waals surface area contributed by atoms with E-state index in [0.717, 1.165) is 5.71 Å². The molecule has 0 aromatic carbocycles. The Balaban J connectivity index is -0.000000218. The number of rotatable bonds is 2. The molecule has 78 valence electrons. The van der Waals surface area contributed by atoms with Crippen molar-refractivity contribution in [3.63, 3.8) is 0 Å². The average Bonchev–Trinajstić information content (AvgIpc) is 2.10. The molecule has 0 fully saturated rings. The molecule has 0 atom stereocenters. The molecule has 2 nitrogen and oxygen atoms in total. The van der Waals surface area contributed by atoms with Crippen LogP contribution in [0, 0.1) is 0 Å². The lowest BCUT2D eigenvalue weighted by Crippen LogP contribution is -1.82. The van der Waals surface area contributed by atoms with Crippen LogP contribution in [0.2, 0.25) is 0 Å². The van der Waals surface area contributed by atoms with Crippen molar-refractivity contribution in [3.05, 3.63) is 11.6 Å². The number of hydrogen-bond acceptors (Lipinski definition) is 2. The Hall–Kier alpha value is -0.920. The summed E-state index contributed by atoms with van der Waals surface area (Å²) >= 11 is 0. The second kappa shape index (κ2) is 17.2. The molecule has 0 bridgehead atoms. The van der Waals surface area contributed by atoms with Crippen molar-refractivity contribution in [1.82, 2.24) is 0 Å². The first-order chi connectivity index (χ1) is 6.16. The molecule has 0 saturated carbocycles. The van der Waals surface area contributed by atoms with Gasteiger partial charge in [-0.1, -0.05) is 33.3 Å². The molecule has 0 aliphatic carbocycles. The predicted molar refractivity (Wildman–Crippen MR) is 64.8 cm³/mol. The summed E-state index contributed by atoms with van der Waals surface area (Å²) in [5.74, 6) is 0. The second-order valence-electron chi connectivity index (χ2n) is 2.10. The van der Waals surface area contributed by atoms with Crippen LogP contribution in [0.25, 0.3) is 0 Å². The van der Waals surface area contributed by atoms with E-state index < -0.39 is 0 Å². The number of nitrogens with zero attached hydrogens (tertiary/aromatic N) is 2. The van der Waals surface area contributed by atoms with Crippen LogP contribution in [-0.2, 0) is 0 Å². The van der Waals surface area contributed by atoms with Gasteiger partial charge in [0.15, 0.2) is 0 Å². The van der Waals surface area contributed by atoms with E-state index in [1.165, 1.54) is 5.57 Å². The van der Waals surface area contributed by atoms with Crippen molar-refractivity contribution in [2.24, 2.45) is 10.2 Å². The molecular formula is C11H24N2. The molecule has 0 amide bonds. The molecule has 0 aromatic rings. The van der Waals surface area contributed by atoms with E-state index >= 15 is 0 Å². The first kappa shape index (κ1) is 18.0. The molecule has 0 saturated heterocycles. The summed E-state index contributed by atoms with van der Waals surface area (Å²) in [6, 6.07) is 0. The van der Waals surface area contributed by atoms with Crippen LogP contribution in [0.3, 0.4) is 0 Å². The van der Waals surface area contributed by atoms with Crippen LogP contribution in [0.5, 0.6) is 0 Å². The van der Waals surface area contributed by atoms with Crippen LogP contribution in [-0.4, -0.2) is 12.4 Å². The highest BCUT2D eigenvalue weighted by Crippen LogP contribution is 1.90. The molecule has 0 aromatic heterocycles. The molecule has 0 aliphatic rings. The summed E-state index contributed by atoms with van der Waals surface area (Å²) in [7, 11) is 0. The number of allylic oxidation sites excluding steroid dienone is 2. The van der Waals surface area contributed by atoms with Gasteiger partial charge in [-0.3, -0.25) is 0 Å². The van der Waals surface area contributed by atoms with Crippen LogP contribution in [0.1, 0.15) is 48.5 Å². The largest absolute Gasteiger partial charge is 0.167 e. The highest BCUT2D eigenvalue weighted by molar-refractivity contribution is 5.93. The van der Waals surface area contributed by atoms with Crippen LogP contribution < -0.4 is 0 Å². The normalized spacial score (nSPS) is 8.38. The summed E-state index contributed by atoms with van der Waals surface area (Å²) < 4.78 is 0. The van der Waals surface area contributed by atoms with Crippen LogP contribution >= 0.6 is 0 Å². The van der Waals surface area contributed by atoms with Gasteiger partial charge in [0.1, 0.15) is 0 Å². The highest BCUT2D eigenvalue weighted by atomic mass is 15.2. The standard InChI is InChI=1S/C7H12N2.2C2H6/c1-6(2)5-7(3)9-8-4;2*1-2/h5H,4H2,1-3H3;2*1-2H3/b9-7-;;. The van der Waals surface area contributed by atoms with Crippen LogP contribution in [0.15, 0.2) is 21.9 Å². The van der Waals surface area contributed by atoms with Gasteiger partial charge < -0.3 is 0 Å². The van der Waals surface area contributed by atoms with Gasteiger partial charge in [0.25, 0.3) is 0 Å². The smallest absolute Gasteiger partial charge is 0.0598 e. The molecule has 0 unspecified atom stereocenters. The van der Waals surface area contributed by atoms with Crippen molar-refractivity contribution in [1.29, 1.82) is 0 Å². The zero-order chi connectivity index (χ0) is 11.3. The lowest BCUT2D eigenvalue weighted by molar-refractivity contribution is 1.25. The fraction of sp³-hybridized carbons (Fsp3) is 0.636. The van der Waals surface area contributed by atoms with Crippen molar-refractivity contribution in [2.45, 2.75) is 48.5 Å². The van der Waals surface area contributed by atoms with Crippen molar-refractivity contribution in [3.8, 4) is 0 Å². The van der Waals surface area contributed by atoms with Gasteiger partial charge in [0, 0.05) is 6.72 Å². The van der Waals surface area contributed by atoms with Crippen molar-refractivity contribution >= 4 is 12.4 Å². The lowest BCUT2D eigenvalue weighted by Gasteiger charge is -1.87. The Morgan fingerprint density at radius 3 is 1.62 bits per heavy atom. The topological polar surface area (TPSA) is 24.7 Å². The lowest BCUT2D eigenvalue weighted by atomic mass is 10.3. The Kier molecular flexibility index (Phi) is 23.9. The zero-order valence-corrected chi connectivity index (χ0v) is 10.2. The maximum atomic E-state index is 3.72. The Labute approximate surface area is 83.5 Å². The molecule has 0 rings (SSSR count). The average molecular weight is 184 g/mol. The number of hydrogen-bond donors (Lipinski definition) is 0. The maximum absolute atomic E-state index is 3.72. The van der Waals surface area contributed by atoms with Gasteiger partial charge >= 0.3 is 0 Å². The monoisotopic (exact) mass is 184 g/mol. The van der Waals surface area contributed by atoms with Crippen molar-refractivity contribution < 1.29 is 0 Å². The summed E-state index contributed by atoms with van der Waals surface area (Å²) in [6.07, 6.45) is 1.95. The minimum absolute atomic E-state index is 0.894. The van der Waals surface area contributed by atoms with Gasteiger partial charge in [-0.25, -0.2) is 0 Å². The SMILES string of the molecule is C=N/N=C(/C)C=C(C)C.CC.CC.